The molecule has 1 atom stereocenters. The van der Waals surface area contributed by atoms with Crippen LogP contribution in [0, 0.1) is 0 Å². The first-order chi connectivity index (χ1) is 30.0. The summed E-state index contributed by atoms with van der Waals surface area (Å²) < 4.78 is 16.8. The fourth-order valence-electron chi connectivity index (χ4n) is 8.14. The van der Waals surface area contributed by atoms with E-state index in [1.54, 1.807) is 0 Å². The van der Waals surface area contributed by atoms with E-state index in [0.29, 0.717) is 19.3 Å². The SMILES string of the molecule is CCCCCC/C=C\CCCCCCCC(=O)OC[C@H](COC(=O)CCCCCCCCCCCCCCCCC)OC(=O)CCCCCCCCCCCCCCCCC. The molecule has 0 bridgehead atoms. The van der Waals surface area contributed by atoms with Gasteiger partial charge < -0.3 is 14.2 Å². The Morgan fingerprint density at radius 2 is 0.541 bits per heavy atom. The van der Waals surface area contributed by atoms with Crippen molar-refractivity contribution in [3.8, 4) is 0 Å². The van der Waals surface area contributed by atoms with E-state index in [4.69, 9.17) is 14.2 Å². The van der Waals surface area contributed by atoms with Crippen LogP contribution in [0.4, 0.5) is 0 Å². The zero-order chi connectivity index (χ0) is 44.4. The predicted octanol–water partition coefficient (Wildman–Crippen LogP) is 17.8. The molecule has 0 fully saturated rings. The molecule has 0 radical (unpaired) electrons. The van der Waals surface area contributed by atoms with E-state index >= 15 is 0 Å². The molecular formula is C55H104O6. The molecule has 0 saturated heterocycles. The van der Waals surface area contributed by atoms with Crippen molar-refractivity contribution < 1.29 is 28.6 Å². The van der Waals surface area contributed by atoms with E-state index in [1.807, 2.05) is 0 Å². The molecule has 360 valence electrons. The summed E-state index contributed by atoms with van der Waals surface area (Å²) in [5, 5.41) is 0. The lowest BCUT2D eigenvalue weighted by Crippen LogP contribution is -2.30. The summed E-state index contributed by atoms with van der Waals surface area (Å²) in [6.07, 6.45) is 56.2. The Bertz CT molecular complexity index is 947. The Balaban J connectivity index is 4.32. The lowest BCUT2D eigenvalue weighted by atomic mass is 10.0. The van der Waals surface area contributed by atoms with Gasteiger partial charge in [-0.1, -0.05) is 251 Å². The molecule has 0 amide bonds. The van der Waals surface area contributed by atoms with Gasteiger partial charge in [0.2, 0.25) is 0 Å². The quantitative estimate of drug-likeness (QED) is 0.0262. The van der Waals surface area contributed by atoms with E-state index in [9.17, 15) is 14.4 Å². The van der Waals surface area contributed by atoms with Gasteiger partial charge >= 0.3 is 17.9 Å². The average Bonchev–Trinajstić information content (AvgIpc) is 3.26. The zero-order valence-electron chi connectivity index (χ0n) is 41.2. The number of allylic oxidation sites excluding steroid dienone is 2. The predicted molar refractivity (Wildman–Crippen MR) is 261 cm³/mol. The topological polar surface area (TPSA) is 78.9 Å². The normalized spacial score (nSPS) is 12.0. The van der Waals surface area contributed by atoms with Crippen LogP contribution >= 0.6 is 0 Å². The summed E-state index contributed by atoms with van der Waals surface area (Å²) in [5.74, 6) is -0.855. The van der Waals surface area contributed by atoms with Gasteiger partial charge in [0.05, 0.1) is 0 Å². The van der Waals surface area contributed by atoms with Crippen LogP contribution in [0.1, 0.15) is 303 Å². The highest BCUT2D eigenvalue weighted by atomic mass is 16.6. The zero-order valence-corrected chi connectivity index (χ0v) is 41.2. The van der Waals surface area contributed by atoms with Crippen molar-refractivity contribution in [2.24, 2.45) is 0 Å². The molecule has 0 aliphatic heterocycles. The number of esters is 3. The molecule has 0 N–H and O–H groups in total. The molecule has 0 heterocycles. The monoisotopic (exact) mass is 861 g/mol. The minimum atomic E-state index is -0.766. The van der Waals surface area contributed by atoms with Crippen LogP contribution in [-0.4, -0.2) is 37.2 Å². The van der Waals surface area contributed by atoms with E-state index in [0.717, 1.165) is 64.2 Å². The summed E-state index contributed by atoms with van der Waals surface area (Å²) in [7, 11) is 0. The van der Waals surface area contributed by atoms with Crippen LogP contribution in [0.5, 0.6) is 0 Å². The number of hydrogen-bond acceptors (Lipinski definition) is 6. The van der Waals surface area contributed by atoms with Gasteiger partial charge in [-0.2, -0.15) is 0 Å². The van der Waals surface area contributed by atoms with Crippen LogP contribution in [0.25, 0.3) is 0 Å². The van der Waals surface area contributed by atoms with E-state index < -0.39 is 6.10 Å². The molecule has 0 aromatic heterocycles. The van der Waals surface area contributed by atoms with Crippen LogP contribution in [0.15, 0.2) is 12.2 Å². The summed E-state index contributed by atoms with van der Waals surface area (Å²) in [4.78, 5) is 38.0. The molecule has 0 rings (SSSR count). The molecule has 0 aliphatic rings. The first kappa shape index (κ1) is 59.1. The number of rotatable bonds is 50. The lowest BCUT2D eigenvalue weighted by molar-refractivity contribution is -0.167. The van der Waals surface area contributed by atoms with Gasteiger partial charge in [0.1, 0.15) is 13.2 Å². The minimum Gasteiger partial charge on any atom is -0.462 e. The second-order valence-electron chi connectivity index (χ2n) is 18.5. The summed E-state index contributed by atoms with van der Waals surface area (Å²) >= 11 is 0. The average molecular weight is 861 g/mol. The van der Waals surface area contributed by atoms with Gasteiger partial charge in [-0.25, -0.2) is 0 Å². The van der Waals surface area contributed by atoms with Crippen molar-refractivity contribution in [2.45, 2.75) is 309 Å². The minimum absolute atomic E-state index is 0.0668. The van der Waals surface area contributed by atoms with Crippen LogP contribution in [-0.2, 0) is 28.6 Å². The van der Waals surface area contributed by atoms with Crippen molar-refractivity contribution in [2.75, 3.05) is 13.2 Å². The van der Waals surface area contributed by atoms with Gasteiger partial charge in [-0.15, -0.1) is 0 Å². The summed E-state index contributed by atoms with van der Waals surface area (Å²) in [6, 6.07) is 0. The molecule has 0 spiro atoms. The number of ether oxygens (including phenoxy) is 3. The molecule has 0 aliphatic carbocycles. The first-order valence-corrected chi connectivity index (χ1v) is 27.2. The molecule has 61 heavy (non-hydrogen) atoms. The second-order valence-corrected chi connectivity index (χ2v) is 18.5. The van der Waals surface area contributed by atoms with E-state index in [2.05, 4.69) is 32.9 Å². The Kier molecular flexibility index (Phi) is 49.3. The first-order valence-electron chi connectivity index (χ1n) is 27.2. The smallest absolute Gasteiger partial charge is 0.306 e. The number of unbranched alkanes of at least 4 members (excludes halogenated alkanes) is 37. The molecule has 6 nitrogen and oxygen atoms in total. The molecule has 0 saturated carbocycles. The Labute approximate surface area is 380 Å². The Morgan fingerprint density at radius 3 is 0.836 bits per heavy atom. The summed E-state index contributed by atoms with van der Waals surface area (Å²) in [5.41, 5.74) is 0. The maximum Gasteiger partial charge on any atom is 0.306 e. The lowest BCUT2D eigenvalue weighted by Gasteiger charge is -2.18. The summed E-state index contributed by atoms with van der Waals surface area (Å²) in [6.45, 7) is 6.66. The van der Waals surface area contributed by atoms with Gasteiger partial charge in [0.25, 0.3) is 0 Å². The maximum atomic E-state index is 12.8. The number of carbonyl (C=O) groups excluding carboxylic acids is 3. The highest BCUT2D eigenvalue weighted by molar-refractivity contribution is 5.71. The Hall–Kier alpha value is -1.85. The molecule has 0 aromatic rings. The highest BCUT2D eigenvalue weighted by Crippen LogP contribution is 2.17. The van der Waals surface area contributed by atoms with Gasteiger partial charge in [0, 0.05) is 19.3 Å². The third-order valence-electron chi connectivity index (χ3n) is 12.3. The molecule has 6 heteroatoms. The van der Waals surface area contributed by atoms with Gasteiger partial charge in [-0.05, 0) is 44.9 Å². The highest BCUT2D eigenvalue weighted by Gasteiger charge is 2.19. The van der Waals surface area contributed by atoms with Crippen molar-refractivity contribution >= 4 is 17.9 Å². The maximum absolute atomic E-state index is 12.8. The fourth-order valence-corrected chi connectivity index (χ4v) is 8.14. The van der Waals surface area contributed by atoms with Crippen LogP contribution in [0.2, 0.25) is 0 Å². The van der Waals surface area contributed by atoms with Crippen molar-refractivity contribution in [3.63, 3.8) is 0 Å². The molecule has 0 unspecified atom stereocenters. The van der Waals surface area contributed by atoms with Crippen molar-refractivity contribution in [3.05, 3.63) is 12.2 Å². The number of carbonyl (C=O) groups is 3. The Morgan fingerprint density at radius 1 is 0.311 bits per heavy atom. The van der Waals surface area contributed by atoms with Crippen LogP contribution in [0.3, 0.4) is 0 Å². The van der Waals surface area contributed by atoms with E-state index in [1.165, 1.54) is 199 Å². The van der Waals surface area contributed by atoms with Crippen molar-refractivity contribution in [1.82, 2.24) is 0 Å². The van der Waals surface area contributed by atoms with Gasteiger partial charge in [-0.3, -0.25) is 14.4 Å². The third-order valence-corrected chi connectivity index (χ3v) is 12.3. The van der Waals surface area contributed by atoms with Crippen LogP contribution < -0.4 is 0 Å². The van der Waals surface area contributed by atoms with Crippen molar-refractivity contribution in [1.29, 1.82) is 0 Å². The van der Waals surface area contributed by atoms with E-state index in [-0.39, 0.29) is 31.1 Å². The van der Waals surface area contributed by atoms with Gasteiger partial charge in [0.15, 0.2) is 6.10 Å². The standard InChI is InChI=1S/C55H104O6/c1-4-7-10-13-16-19-22-25-27-30-33-36-39-42-45-48-54(57)60-51-52(50-59-53(56)47-44-41-38-35-32-29-24-21-18-15-12-9-6-3)61-55(58)49-46-43-40-37-34-31-28-26-23-20-17-14-11-8-5-2/h21,24,52H,4-20,22-23,25-51H2,1-3H3/b24-21-/t52-/m1/s1. The largest absolute Gasteiger partial charge is 0.462 e. The number of hydrogen-bond donors (Lipinski definition) is 0. The fraction of sp³-hybridized carbons (Fsp3) is 0.909. The molecule has 0 aromatic carbocycles. The molecular weight excluding hydrogens is 757 g/mol. The third kappa shape index (κ3) is 49.0. The second kappa shape index (κ2) is 50.8.